The van der Waals surface area contributed by atoms with Gasteiger partial charge in [0.25, 0.3) is 5.91 Å². The van der Waals surface area contributed by atoms with Crippen LogP contribution in [0.1, 0.15) is 59.7 Å². The Bertz CT molecular complexity index is 1310. The van der Waals surface area contributed by atoms with E-state index in [1.807, 2.05) is 19.1 Å². The fourth-order valence-electron chi connectivity index (χ4n) is 4.18. The van der Waals surface area contributed by atoms with Crippen LogP contribution in [0.3, 0.4) is 0 Å². The number of sulfone groups is 1. The number of benzene rings is 1. The number of carbonyl (C=O) groups excluding carboxylic acids is 1. The molecule has 34 heavy (non-hydrogen) atoms. The van der Waals surface area contributed by atoms with E-state index < -0.39 is 9.84 Å². The zero-order chi connectivity index (χ0) is 24.5. The second-order valence-corrected chi connectivity index (χ2v) is 11.1. The minimum absolute atomic E-state index is 0.0341. The molecule has 3 heterocycles. The van der Waals surface area contributed by atoms with E-state index >= 15 is 0 Å². The molecule has 1 aliphatic rings. The van der Waals surface area contributed by atoms with Gasteiger partial charge in [-0.25, -0.2) is 18.4 Å². The first kappa shape index (κ1) is 23.8. The van der Waals surface area contributed by atoms with E-state index in [1.54, 1.807) is 43.6 Å². The number of nitrogens with zero attached hydrogens (tertiary/aromatic N) is 4. The van der Waals surface area contributed by atoms with Crippen LogP contribution in [-0.4, -0.2) is 35.0 Å². The first-order chi connectivity index (χ1) is 16.2. The topological polar surface area (TPSA) is 105 Å². The van der Waals surface area contributed by atoms with Gasteiger partial charge in [-0.15, -0.1) is 0 Å². The summed E-state index contributed by atoms with van der Waals surface area (Å²) in [5.74, 6) is 0.777. The van der Waals surface area contributed by atoms with Crippen LogP contribution >= 0.6 is 0 Å². The monoisotopic (exact) mass is 479 g/mol. The predicted octanol–water partition coefficient (Wildman–Crippen LogP) is 3.62. The lowest BCUT2D eigenvalue weighted by Crippen LogP contribution is -2.27. The lowest BCUT2D eigenvalue weighted by atomic mass is 9.99. The highest BCUT2D eigenvalue weighted by atomic mass is 32.2. The van der Waals surface area contributed by atoms with Crippen molar-refractivity contribution in [2.75, 3.05) is 10.7 Å². The number of pyridine rings is 1. The molecule has 0 bridgehead atoms. The Morgan fingerprint density at radius 2 is 1.91 bits per heavy atom. The maximum atomic E-state index is 12.8. The Balaban J connectivity index is 1.49. The lowest BCUT2D eigenvalue weighted by molar-refractivity contribution is 0.0950. The number of hydrogen-bond acceptors (Lipinski definition) is 7. The third-order valence-electron chi connectivity index (χ3n) is 6.01. The van der Waals surface area contributed by atoms with Gasteiger partial charge in [0.2, 0.25) is 5.95 Å². The van der Waals surface area contributed by atoms with Crippen molar-refractivity contribution in [3.63, 3.8) is 0 Å². The number of aromatic nitrogens is 3. The van der Waals surface area contributed by atoms with Crippen LogP contribution in [-0.2, 0) is 22.9 Å². The van der Waals surface area contributed by atoms with E-state index in [9.17, 15) is 13.2 Å². The van der Waals surface area contributed by atoms with Gasteiger partial charge in [-0.1, -0.05) is 32.9 Å². The Hall–Kier alpha value is -3.33. The SMILES string of the molecule is CCS(=O)(=O)c1ccc(CNC(=O)c2cnc3c(c2)CN(c2nccc(C)n2)[C@H]3C(C)C)cc1. The summed E-state index contributed by atoms with van der Waals surface area (Å²) in [6.07, 6.45) is 3.37. The summed E-state index contributed by atoms with van der Waals surface area (Å²) < 4.78 is 23.9. The van der Waals surface area contributed by atoms with Crippen molar-refractivity contribution in [2.24, 2.45) is 5.92 Å². The quantitative estimate of drug-likeness (QED) is 0.552. The number of amides is 1. The van der Waals surface area contributed by atoms with E-state index in [0.29, 0.717) is 24.6 Å². The van der Waals surface area contributed by atoms with Crippen LogP contribution in [0.25, 0.3) is 0 Å². The zero-order valence-electron chi connectivity index (χ0n) is 19.8. The van der Waals surface area contributed by atoms with E-state index in [-0.39, 0.29) is 28.5 Å². The summed E-state index contributed by atoms with van der Waals surface area (Å²) in [5.41, 5.74) is 4.14. The molecule has 0 saturated heterocycles. The van der Waals surface area contributed by atoms with Crippen LogP contribution in [0.15, 0.2) is 53.7 Å². The van der Waals surface area contributed by atoms with E-state index in [0.717, 1.165) is 22.5 Å². The first-order valence-corrected chi connectivity index (χ1v) is 13.0. The fraction of sp³-hybridized carbons (Fsp3) is 0.360. The van der Waals surface area contributed by atoms with E-state index in [4.69, 9.17) is 0 Å². The average Bonchev–Trinajstić information content (AvgIpc) is 3.22. The number of nitrogens with one attached hydrogen (secondary N) is 1. The predicted molar refractivity (Wildman–Crippen MR) is 130 cm³/mol. The molecule has 9 heteroatoms. The van der Waals surface area contributed by atoms with Gasteiger partial charge in [-0.2, -0.15) is 0 Å². The lowest BCUT2D eigenvalue weighted by Gasteiger charge is -2.27. The van der Waals surface area contributed by atoms with Gasteiger partial charge in [0, 0.05) is 31.2 Å². The Morgan fingerprint density at radius 1 is 1.18 bits per heavy atom. The molecule has 0 fully saturated rings. The normalized spacial score (nSPS) is 15.4. The highest BCUT2D eigenvalue weighted by Crippen LogP contribution is 2.39. The molecule has 1 aliphatic heterocycles. The molecular weight excluding hydrogens is 450 g/mol. The molecule has 2 aromatic heterocycles. The molecular formula is C25H29N5O3S. The largest absolute Gasteiger partial charge is 0.348 e. The van der Waals surface area contributed by atoms with E-state index in [1.165, 1.54) is 0 Å². The molecule has 178 valence electrons. The van der Waals surface area contributed by atoms with Crippen molar-refractivity contribution in [3.8, 4) is 0 Å². The Labute approximate surface area is 200 Å². The van der Waals surface area contributed by atoms with Gasteiger partial charge in [0.05, 0.1) is 27.9 Å². The van der Waals surface area contributed by atoms with Gasteiger partial charge in [-0.05, 0) is 48.2 Å². The molecule has 0 spiro atoms. The Kier molecular flexibility index (Phi) is 6.65. The van der Waals surface area contributed by atoms with Crippen LogP contribution in [0.2, 0.25) is 0 Å². The number of aryl methyl sites for hydroxylation is 1. The van der Waals surface area contributed by atoms with Gasteiger partial charge < -0.3 is 10.2 Å². The van der Waals surface area contributed by atoms with Crippen LogP contribution in [0.4, 0.5) is 5.95 Å². The summed E-state index contributed by atoms with van der Waals surface area (Å²) in [6.45, 7) is 8.72. The maximum absolute atomic E-state index is 12.8. The second-order valence-electron chi connectivity index (χ2n) is 8.81. The van der Waals surface area contributed by atoms with Crippen LogP contribution < -0.4 is 10.2 Å². The molecule has 1 aromatic carbocycles. The average molecular weight is 480 g/mol. The van der Waals surface area contributed by atoms with Gasteiger partial charge >= 0.3 is 0 Å². The van der Waals surface area contributed by atoms with Gasteiger partial charge in [-0.3, -0.25) is 9.78 Å². The maximum Gasteiger partial charge on any atom is 0.253 e. The molecule has 4 rings (SSSR count). The fourth-order valence-corrected chi connectivity index (χ4v) is 5.06. The van der Waals surface area contributed by atoms with Gasteiger partial charge in [0.1, 0.15) is 0 Å². The van der Waals surface area contributed by atoms with Crippen LogP contribution in [0, 0.1) is 12.8 Å². The Morgan fingerprint density at radius 3 is 2.56 bits per heavy atom. The van der Waals surface area contributed by atoms with Crippen molar-refractivity contribution < 1.29 is 13.2 Å². The van der Waals surface area contributed by atoms with Crippen molar-refractivity contribution in [2.45, 2.75) is 51.7 Å². The number of hydrogen-bond donors (Lipinski definition) is 1. The molecule has 0 unspecified atom stereocenters. The number of rotatable bonds is 7. The van der Waals surface area contributed by atoms with Crippen LogP contribution in [0.5, 0.6) is 0 Å². The molecule has 1 atom stereocenters. The third-order valence-corrected chi connectivity index (χ3v) is 7.76. The van der Waals surface area contributed by atoms with Gasteiger partial charge in [0.15, 0.2) is 9.84 Å². The first-order valence-electron chi connectivity index (χ1n) is 11.3. The summed E-state index contributed by atoms with van der Waals surface area (Å²) in [4.78, 5) is 28.9. The van der Waals surface area contributed by atoms with Crippen molar-refractivity contribution in [3.05, 3.63) is 76.9 Å². The van der Waals surface area contributed by atoms with E-state index in [2.05, 4.69) is 39.0 Å². The second kappa shape index (κ2) is 9.50. The summed E-state index contributed by atoms with van der Waals surface area (Å²) in [6, 6.07) is 10.4. The van der Waals surface area contributed by atoms with Crippen molar-refractivity contribution in [1.29, 1.82) is 0 Å². The highest BCUT2D eigenvalue weighted by Gasteiger charge is 2.35. The molecule has 0 saturated carbocycles. The standard InChI is InChI=1S/C25H29N5O3S/c1-5-34(32,33)21-8-6-18(7-9-21)13-28-24(31)19-12-20-15-30(25-26-11-10-17(4)29-25)23(16(2)3)22(20)27-14-19/h6-12,14,16,23H,5,13,15H2,1-4H3,(H,28,31)/t23-/m0/s1. The molecule has 1 amide bonds. The minimum Gasteiger partial charge on any atom is -0.348 e. The number of fused-ring (bicyclic) bond motifs is 1. The molecule has 0 aliphatic carbocycles. The summed E-state index contributed by atoms with van der Waals surface area (Å²) >= 11 is 0. The smallest absolute Gasteiger partial charge is 0.253 e. The van der Waals surface area contributed by atoms with Crippen molar-refractivity contribution in [1.82, 2.24) is 20.3 Å². The van der Waals surface area contributed by atoms with Crippen molar-refractivity contribution >= 4 is 21.7 Å². The summed E-state index contributed by atoms with van der Waals surface area (Å²) in [5, 5.41) is 2.90. The number of carbonyl (C=O) groups is 1. The highest BCUT2D eigenvalue weighted by molar-refractivity contribution is 7.91. The number of anilines is 1. The zero-order valence-corrected chi connectivity index (χ0v) is 20.6. The molecule has 0 radical (unpaired) electrons. The summed E-state index contributed by atoms with van der Waals surface area (Å²) in [7, 11) is -3.24. The molecule has 1 N–H and O–H groups in total. The molecule has 3 aromatic rings. The third kappa shape index (κ3) is 4.79. The molecule has 8 nitrogen and oxygen atoms in total. The minimum atomic E-state index is -3.24.